The lowest BCUT2D eigenvalue weighted by molar-refractivity contribution is -0.127. The van der Waals surface area contributed by atoms with Crippen LogP contribution in [0.4, 0.5) is 4.39 Å². The summed E-state index contributed by atoms with van der Waals surface area (Å²) in [7, 11) is 1.31. The molecule has 0 heterocycles. The fourth-order valence-electron chi connectivity index (χ4n) is 2.21. The van der Waals surface area contributed by atoms with Gasteiger partial charge in [-0.25, -0.2) is 9.18 Å². The molecule has 0 aliphatic heterocycles. The van der Waals surface area contributed by atoms with Crippen LogP contribution in [0.25, 0.3) is 0 Å². The van der Waals surface area contributed by atoms with Gasteiger partial charge in [-0.3, -0.25) is 4.79 Å². The highest BCUT2D eigenvalue weighted by atomic mass is 19.1. The lowest BCUT2D eigenvalue weighted by Crippen LogP contribution is -2.37. The third-order valence-electron chi connectivity index (χ3n) is 3.69. The first kappa shape index (κ1) is 18.4. The standard InChI is InChI=1S/C19H20FNO4/c1-12(14-4-8-16(20)9-5-14)21-18(22)13(2)25-17-10-6-15(7-11-17)19(23)24-3/h4-13H,1-3H3,(H,21,22)/t12-,13+/m0/s1. The number of rotatable bonds is 6. The van der Waals surface area contributed by atoms with E-state index in [4.69, 9.17) is 4.74 Å². The summed E-state index contributed by atoms with van der Waals surface area (Å²) in [5, 5.41) is 2.81. The van der Waals surface area contributed by atoms with Crippen molar-refractivity contribution in [3.8, 4) is 5.75 Å². The van der Waals surface area contributed by atoms with Gasteiger partial charge in [-0.15, -0.1) is 0 Å². The highest BCUT2D eigenvalue weighted by Crippen LogP contribution is 2.16. The van der Waals surface area contributed by atoms with Crippen molar-refractivity contribution in [1.29, 1.82) is 0 Å². The van der Waals surface area contributed by atoms with E-state index in [9.17, 15) is 14.0 Å². The molecule has 0 saturated heterocycles. The number of ether oxygens (including phenoxy) is 2. The van der Waals surface area contributed by atoms with Gasteiger partial charge in [0, 0.05) is 0 Å². The molecular weight excluding hydrogens is 325 g/mol. The van der Waals surface area contributed by atoms with Gasteiger partial charge >= 0.3 is 5.97 Å². The molecule has 132 valence electrons. The Balaban J connectivity index is 1.93. The second kappa shape index (κ2) is 8.28. The molecule has 2 rings (SSSR count). The van der Waals surface area contributed by atoms with Crippen LogP contribution in [-0.4, -0.2) is 25.1 Å². The molecule has 2 aromatic rings. The number of benzene rings is 2. The van der Waals surface area contributed by atoms with Gasteiger partial charge in [-0.05, 0) is 55.8 Å². The van der Waals surface area contributed by atoms with Crippen molar-refractivity contribution in [2.24, 2.45) is 0 Å². The van der Waals surface area contributed by atoms with Crippen molar-refractivity contribution in [3.63, 3.8) is 0 Å². The SMILES string of the molecule is COC(=O)c1ccc(O[C@H](C)C(=O)N[C@@H](C)c2ccc(F)cc2)cc1. The van der Waals surface area contributed by atoms with Crippen LogP contribution < -0.4 is 10.1 Å². The van der Waals surface area contributed by atoms with Gasteiger partial charge in [-0.2, -0.15) is 0 Å². The maximum Gasteiger partial charge on any atom is 0.337 e. The van der Waals surface area contributed by atoms with Gasteiger partial charge in [0.1, 0.15) is 11.6 Å². The summed E-state index contributed by atoms with van der Waals surface area (Å²) < 4.78 is 23.1. The molecule has 0 aliphatic rings. The Morgan fingerprint density at radius 3 is 2.16 bits per heavy atom. The molecule has 5 nitrogen and oxygen atoms in total. The number of esters is 1. The third kappa shape index (κ3) is 5.04. The first-order valence-electron chi connectivity index (χ1n) is 7.81. The van der Waals surface area contributed by atoms with Crippen LogP contribution in [0.5, 0.6) is 5.75 Å². The molecule has 0 spiro atoms. The second-order valence-corrected chi connectivity index (χ2v) is 5.56. The van der Waals surface area contributed by atoms with E-state index in [-0.39, 0.29) is 17.8 Å². The van der Waals surface area contributed by atoms with Gasteiger partial charge in [0.05, 0.1) is 18.7 Å². The summed E-state index contributed by atoms with van der Waals surface area (Å²) >= 11 is 0. The lowest BCUT2D eigenvalue weighted by atomic mass is 10.1. The minimum atomic E-state index is -0.730. The monoisotopic (exact) mass is 345 g/mol. The van der Waals surface area contributed by atoms with E-state index in [1.54, 1.807) is 43.3 Å². The molecule has 2 aromatic carbocycles. The Bertz CT molecular complexity index is 728. The van der Waals surface area contributed by atoms with Gasteiger partial charge in [0.15, 0.2) is 6.10 Å². The van der Waals surface area contributed by atoms with E-state index in [1.807, 2.05) is 6.92 Å². The smallest absolute Gasteiger partial charge is 0.337 e. The fourth-order valence-corrected chi connectivity index (χ4v) is 2.21. The third-order valence-corrected chi connectivity index (χ3v) is 3.69. The van der Waals surface area contributed by atoms with E-state index in [0.717, 1.165) is 5.56 Å². The molecule has 2 atom stereocenters. The van der Waals surface area contributed by atoms with Crippen molar-refractivity contribution in [2.75, 3.05) is 7.11 Å². The Kier molecular flexibility index (Phi) is 6.11. The summed E-state index contributed by atoms with van der Waals surface area (Å²) in [6, 6.07) is 12.0. The zero-order valence-corrected chi connectivity index (χ0v) is 14.3. The summed E-state index contributed by atoms with van der Waals surface area (Å²) in [5.74, 6) is -0.599. The van der Waals surface area contributed by atoms with Crippen molar-refractivity contribution < 1.29 is 23.5 Å². The summed E-state index contributed by atoms with van der Waals surface area (Å²) in [6.45, 7) is 3.43. The minimum Gasteiger partial charge on any atom is -0.481 e. The average molecular weight is 345 g/mol. The number of methoxy groups -OCH3 is 1. The highest BCUT2D eigenvalue weighted by molar-refractivity contribution is 5.89. The number of amides is 1. The van der Waals surface area contributed by atoms with Crippen molar-refractivity contribution >= 4 is 11.9 Å². The number of nitrogens with one attached hydrogen (secondary N) is 1. The minimum absolute atomic E-state index is 0.277. The molecule has 0 fully saturated rings. The van der Waals surface area contributed by atoms with E-state index in [0.29, 0.717) is 11.3 Å². The van der Waals surface area contributed by atoms with Gasteiger partial charge in [0.25, 0.3) is 5.91 Å². The van der Waals surface area contributed by atoms with Gasteiger partial charge < -0.3 is 14.8 Å². The predicted molar refractivity (Wildman–Crippen MR) is 90.8 cm³/mol. The van der Waals surface area contributed by atoms with E-state index < -0.39 is 12.1 Å². The normalized spacial score (nSPS) is 12.8. The molecule has 0 aromatic heterocycles. The van der Waals surface area contributed by atoms with Gasteiger partial charge in [0.2, 0.25) is 0 Å². The summed E-state index contributed by atoms with van der Waals surface area (Å²) in [5.41, 5.74) is 1.20. The molecule has 25 heavy (non-hydrogen) atoms. The summed E-state index contributed by atoms with van der Waals surface area (Å²) in [6.07, 6.45) is -0.730. The maximum atomic E-state index is 12.9. The Morgan fingerprint density at radius 2 is 1.60 bits per heavy atom. The molecule has 0 bridgehead atoms. The topological polar surface area (TPSA) is 64.6 Å². The summed E-state index contributed by atoms with van der Waals surface area (Å²) in [4.78, 5) is 23.6. The largest absolute Gasteiger partial charge is 0.481 e. The first-order valence-corrected chi connectivity index (χ1v) is 7.81. The van der Waals surface area contributed by atoms with Crippen molar-refractivity contribution in [2.45, 2.75) is 26.0 Å². The first-order chi connectivity index (χ1) is 11.9. The van der Waals surface area contributed by atoms with Crippen LogP contribution in [0.1, 0.15) is 35.8 Å². The van der Waals surface area contributed by atoms with Crippen LogP contribution in [0.2, 0.25) is 0 Å². The number of halogens is 1. The molecule has 1 amide bonds. The Hall–Kier alpha value is -2.89. The van der Waals surface area contributed by atoms with Crippen LogP contribution in [0.15, 0.2) is 48.5 Å². The Labute approximate surface area is 145 Å². The molecule has 0 radical (unpaired) electrons. The predicted octanol–water partition coefficient (Wildman–Crippen LogP) is 3.26. The molecule has 0 unspecified atom stereocenters. The van der Waals surface area contributed by atoms with Crippen LogP contribution in [0, 0.1) is 5.82 Å². The van der Waals surface area contributed by atoms with Crippen LogP contribution in [-0.2, 0) is 9.53 Å². The number of carbonyl (C=O) groups excluding carboxylic acids is 2. The molecule has 6 heteroatoms. The number of carbonyl (C=O) groups is 2. The van der Waals surface area contributed by atoms with E-state index >= 15 is 0 Å². The molecule has 0 saturated carbocycles. The van der Waals surface area contributed by atoms with Crippen LogP contribution >= 0.6 is 0 Å². The van der Waals surface area contributed by atoms with Crippen LogP contribution in [0.3, 0.4) is 0 Å². The van der Waals surface area contributed by atoms with Crippen molar-refractivity contribution in [1.82, 2.24) is 5.32 Å². The number of hydrogen-bond acceptors (Lipinski definition) is 4. The van der Waals surface area contributed by atoms with Crippen molar-refractivity contribution in [3.05, 3.63) is 65.5 Å². The van der Waals surface area contributed by atoms with E-state index in [2.05, 4.69) is 10.1 Å². The zero-order valence-electron chi connectivity index (χ0n) is 14.3. The lowest BCUT2D eigenvalue weighted by Gasteiger charge is -2.19. The van der Waals surface area contributed by atoms with Gasteiger partial charge in [-0.1, -0.05) is 12.1 Å². The average Bonchev–Trinajstić information content (AvgIpc) is 2.62. The second-order valence-electron chi connectivity index (χ2n) is 5.56. The quantitative estimate of drug-likeness (QED) is 0.816. The number of hydrogen-bond donors (Lipinski definition) is 1. The molecule has 1 N–H and O–H groups in total. The maximum absolute atomic E-state index is 12.9. The zero-order chi connectivity index (χ0) is 18.4. The van der Waals surface area contributed by atoms with E-state index in [1.165, 1.54) is 19.2 Å². The molecular formula is C19H20FNO4. The Morgan fingerprint density at radius 1 is 1.00 bits per heavy atom. The highest BCUT2D eigenvalue weighted by Gasteiger charge is 2.18. The molecule has 0 aliphatic carbocycles. The fraction of sp³-hybridized carbons (Fsp3) is 0.263.